The van der Waals surface area contributed by atoms with Crippen LogP contribution >= 0.6 is 0 Å². The summed E-state index contributed by atoms with van der Waals surface area (Å²) in [4.78, 5) is 51.3. The summed E-state index contributed by atoms with van der Waals surface area (Å²) >= 11 is 0. The molecule has 0 fully saturated rings. The minimum Gasteiger partial charge on any atom is -0.452 e. The average molecular weight is 461 g/mol. The second-order valence-corrected chi connectivity index (χ2v) is 7.78. The van der Waals surface area contributed by atoms with Gasteiger partial charge in [-0.3, -0.25) is 14.4 Å². The molecule has 3 aromatic rings. The quantitative estimate of drug-likeness (QED) is 0.421. The van der Waals surface area contributed by atoms with Crippen LogP contribution in [0.5, 0.6) is 0 Å². The molecule has 9 nitrogen and oxygen atoms in total. The van der Waals surface area contributed by atoms with Gasteiger partial charge >= 0.3 is 5.97 Å². The van der Waals surface area contributed by atoms with Crippen molar-refractivity contribution in [3.05, 3.63) is 76.0 Å². The van der Waals surface area contributed by atoms with Crippen LogP contribution in [0.4, 0.5) is 11.5 Å². The summed E-state index contributed by atoms with van der Waals surface area (Å²) in [5.74, 6) is -1.92. The summed E-state index contributed by atoms with van der Waals surface area (Å²) in [7, 11) is 0. The number of hydrogen-bond donors (Lipinski definition) is 1. The first kappa shape index (κ1) is 22.9. The third-order valence-electron chi connectivity index (χ3n) is 5.56. The molecule has 3 amide bonds. The zero-order chi connectivity index (χ0) is 24.4. The van der Waals surface area contributed by atoms with E-state index in [2.05, 4.69) is 10.5 Å². The highest BCUT2D eigenvalue weighted by Gasteiger charge is 2.39. The number of nitrogens with one attached hydrogen (secondary N) is 1. The normalized spacial score (nSPS) is 12.6. The van der Waals surface area contributed by atoms with E-state index < -0.39 is 30.3 Å². The standard InChI is InChI=1S/C25H23N3O6/c1-4-15-7-6-8-16(5-2)22(15)26-21(29)13-33-25(32)17-9-10-18-19(12-17)24(31)28(23(18)30)20-11-14(3)34-27-20/h6-12H,4-5,13H2,1-3H3,(H,26,29). The first-order valence-electron chi connectivity index (χ1n) is 10.9. The minimum atomic E-state index is -0.784. The lowest BCUT2D eigenvalue weighted by Gasteiger charge is -2.14. The number of aryl methyl sites for hydroxylation is 3. The van der Waals surface area contributed by atoms with E-state index in [1.54, 1.807) is 6.92 Å². The van der Waals surface area contributed by atoms with E-state index in [9.17, 15) is 19.2 Å². The molecular weight excluding hydrogens is 438 g/mol. The van der Waals surface area contributed by atoms with Crippen molar-refractivity contribution in [3.63, 3.8) is 0 Å². The number of amides is 3. The van der Waals surface area contributed by atoms with E-state index in [0.29, 0.717) is 5.76 Å². The number of imide groups is 1. The molecule has 1 aliphatic heterocycles. The molecule has 0 aliphatic carbocycles. The Labute approximate surface area is 195 Å². The van der Waals surface area contributed by atoms with Crippen molar-refractivity contribution < 1.29 is 28.4 Å². The van der Waals surface area contributed by atoms with Crippen molar-refractivity contribution in [2.45, 2.75) is 33.6 Å². The average Bonchev–Trinajstić information content (AvgIpc) is 3.37. The summed E-state index contributed by atoms with van der Waals surface area (Å²) in [5.41, 5.74) is 2.96. The van der Waals surface area contributed by atoms with Crippen LogP contribution in [0.2, 0.25) is 0 Å². The van der Waals surface area contributed by atoms with Crippen LogP contribution in [0.15, 0.2) is 47.0 Å². The van der Waals surface area contributed by atoms with E-state index >= 15 is 0 Å². The van der Waals surface area contributed by atoms with Gasteiger partial charge in [0.05, 0.1) is 16.7 Å². The van der Waals surface area contributed by atoms with Gasteiger partial charge in [-0.25, -0.2) is 9.69 Å². The van der Waals surface area contributed by atoms with E-state index in [1.807, 2.05) is 32.0 Å². The molecule has 174 valence electrons. The van der Waals surface area contributed by atoms with Gasteiger partial charge in [0.2, 0.25) is 0 Å². The Morgan fingerprint density at radius 3 is 2.29 bits per heavy atom. The number of carbonyl (C=O) groups is 4. The lowest BCUT2D eigenvalue weighted by atomic mass is 10.0. The molecule has 1 aromatic heterocycles. The number of nitrogens with zero attached hydrogens (tertiary/aromatic N) is 2. The summed E-state index contributed by atoms with van der Waals surface area (Å²) < 4.78 is 10.1. The molecule has 0 radical (unpaired) electrons. The number of anilines is 2. The van der Waals surface area contributed by atoms with Crippen molar-refractivity contribution in [2.75, 3.05) is 16.8 Å². The van der Waals surface area contributed by atoms with Gasteiger partial charge in [-0.05, 0) is 49.1 Å². The molecular formula is C25H23N3O6. The number of esters is 1. The molecule has 1 N–H and O–H groups in total. The number of ether oxygens (including phenoxy) is 1. The van der Waals surface area contributed by atoms with Gasteiger partial charge in [-0.2, -0.15) is 0 Å². The summed E-state index contributed by atoms with van der Waals surface area (Å²) in [6.45, 7) is 5.14. The third kappa shape index (κ3) is 4.19. The van der Waals surface area contributed by atoms with E-state index in [-0.39, 0.29) is 22.5 Å². The van der Waals surface area contributed by atoms with Crippen LogP contribution in [-0.4, -0.2) is 35.5 Å². The maximum absolute atomic E-state index is 12.8. The van der Waals surface area contributed by atoms with Gasteiger partial charge in [-0.1, -0.05) is 37.2 Å². The Morgan fingerprint density at radius 1 is 1.00 bits per heavy atom. The van der Waals surface area contributed by atoms with Crippen molar-refractivity contribution in [3.8, 4) is 0 Å². The number of hydrogen-bond acceptors (Lipinski definition) is 7. The van der Waals surface area contributed by atoms with Gasteiger partial charge in [-0.15, -0.1) is 0 Å². The Kier molecular flexibility index (Phi) is 6.27. The Morgan fingerprint density at radius 2 is 1.68 bits per heavy atom. The highest BCUT2D eigenvalue weighted by molar-refractivity contribution is 6.34. The predicted octanol–water partition coefficient (Wildman–Crippen LogP) is 3.70. The summed E-state index contributed by atoms with van der Waals surface area (Å²) in [6.07, 6.45) is 1.49. The van der Waals surface area contributed by atoms with E-state index in [1.165, 1.54) is 24.3 Å². The second kappa shape index (κ2) is 9.30. The number of fused-ring (bicyclic) bond motifs is 1. The first-order chi connectivity index (χ1) is 16.3. The minimum absolute atomic E-state index is 0.0500. The van der Waals surface area contributed by atoms with Crippen molar-refractivity contribution in [1.82, 2.24) is 5.16 Å². The van der Waals surface area contributed by atoms with Gasteiger partial charge in [0, 0.05) is 11.8 Å². The molecule has 9 heteroatoms. The maximum atomic E-state index is 12.8. The lowest BCUT2D eigenvalue weighted by Crippen LogP contribution is -2.29. The van der Waals surface area contributed by atoms with E-state index in [0.717, 1.165) is 34.6 Å². The Balaban J connectivity index is 1.45. The van der Waals surface area contributed by atoms with Crippen molar-refractivity contribution in [2.24, 2.45) is 0 Å². The topological polar surface area (TPSA) is 119 Å². The van der Waals surface area contributed by atoms with Gasteiger partial charge in [0.15, 0.2) is 12.4 Å². The molecule has 34 heavy (non-hydrogen) atoms. The van der Waals surface area contributed by atoms with Crippen LogP contribution in [0.3, 0.4) is 0 Å². The maximum Gasteiger partial charge on any atom is 0.338 e. The van der Waals surface area contributed by atoms with Crippen LogP contribution < -0.4 is 10.2 Å². The molecule has 0 bridgehead atoms. The molecule has 0 atom stereocenters. The molecule has 0 saturated heterocycles. The molecule has 4 rings (SSSR count). The van der Waals surface area contributed by atoms with Gasteiger partial charge < -0.3 is 14.6 Å². The zero-order valence-electron chi connectivity index (χ0n) is 19.0. The van der Waals surface area contributed by atoms with Crippen molar-refractivity contribution >= 4 is 35.2 Å². The lowest BCUT2D eigenvalue weighted by molar-refractivity contribution is -0.119. The number of para-hydroxylation sites is 1. The van der Waals surface area contributed by atoms with Crippen LogP contribution in [0, 0.1) is 6.92 Å². The van der Waals surface area contributed by atoms with Crippen molar-refractivity contribution in [1.29, 1.82) is 0 Å². The molecule has 1 aliphatic rings. The highest BCUT2D eigenvalue weighted by atomic mass is 16.5. The summed E-state index contributed by atoms with van der Waals surface area (Å²) in [5, 5.41) is 6.55. The highest BCUT2D eigenvalue weighted by Crippen LogP contribution is 2.29. The van der Waals surface area contributed by atoms with Gasteiger partial charge in [0.1, 0.15) is 5.76 Å². The largest absolute Gasteiger partial charge is 0.452 e. The fourth-order valence-corrected chi connectivity index (χ4v) is 3.83. The number of aromatic nitrogens is 1. The monoisotopic (exact) mass is 461 g/mol. The SMILES string of the molecule is CCc1cccc(CC)c1NC(=O)COC(=O)c1ccc2c(c1)C(=O)N(c1cc(C)on1)C2=O. The second-order valence-electron chi connectivity index (χ2n) is 7.78. The smallest absolute Gasteiger partial charge is 0.338 e. The fraction of sp³-hybridized carbons (Fsp3) is 0.240. The molecule has 2 heterocycles. The van der Waals surface area contributed by atoms with E-state index in [4.69, 9.17) is 9.26 Å². The molecule has 0 unspecified atom stereocenters. The summed E-state index contributed by atoms with van der Waals surface area (Å²) in [6, 6.07) is 11.3. The molecule has 2 aromatic carbocycles. The Hall–Kier alpha value is -4.27. The predicted molar refractivity (Wildman–Crippen MR) is 123 cm³/mol. The number of benzene rings is 2. The zero-order valence-corrected chi connectivity index (χ0v) is 19.0. The van der Waals surface area contributed by atoms with Crippen LogP contribution in [-0.2, 0) is 22.4 Å². The first-order valence-corrected chi connectivity index (χ1v) is 10.9. The fourth-order valence-electron chi connectivity index (χ4n) is 3.83. The van der Waals surface area contributed by atoms with Crippen LogP contribution in [0.1, 0.15) is 61.8 Å². The Bertz CT molecular complexity index is 1290. The van der Waals surface area contributed by atoms with Crippen LogP contribution in [0.25, 0.3) is 0 Å². The molecule has 0 spiro atoms. The van der Waals surface area contributed by atoms with Gasteiger partial charge in [0.25, 0.3) is 17.7 Å². The third-order valence-corrected chi connectivity index (χ3v) is 5.56. The number of carbonyl (C=O) groups excluding carboxylic acids is 4. The molecule has 0 saturated carbocycles. The number of rotatable bonds is 7.